The normalized spacial score (nSPS) is 20.0. The molecule has 0 bridgehead atoms. The van der Waals surface area contributed by atoms with E-state index in [2.05, 4.69) is 17.3 Å². The van der Waals surface area contributed by atoms with E-state index in [1.807, 2.05) is 31.2 Å². The largest absolute Gasteiger partial charge is 0.492 e. The van der Waals surface area contributed by atoms with E-state index in [-0.39, 0.29) is 11.8 Å². The van der Waals surface area contributed by atoms with Gasteiger partial charge in [0, 0.05) is 6.54 Å². The van der Waals surface area contributed by atoms with Crippen LogP contribution in [0.4, 0.5) is 5.69 Å². The minimum Gasteiger partial charge on any atom is -0.492 e. The molecule has 1 fully saturated rings. The number of amides is 1. The lowest BCUT2D eigenvalue weighted by Gasteiger charge is -2.28. The predicted molar refractivity (Wildman–Crippen MR) is 76.5 cm³/mol. The molecule has 1 heterocycles. The molecule has 0 aromatic heterocycles. The van der Waals surface area contributed by atoms with Crippen LogP contribution >= 0.6 is 0 Å². The van der Waals surface area contributed by atoms with Crippen LogP contribution in [-0.2, 0) is 4.79 Å². The summed E-state index contributed by atoms with van der Waals surface area (Å²) in [5.41, 5.74) is 0.766. The van der Waals surface area contributed by atoms with E-state index in [1.54, 1.807) is 0 Å². The van der Waals surface area contributed by atoms with Gasteiger partial charge in [-0.05, 0) is 45.5 Å². The summed E-state index contributed by atoms with van der Waals surface area (Å²) < 4.78 is 5.52. The van der Waals surface area contributed by atoms with Crippen LogP contribution < -0.4 is 10.1 Å². The first-order chi connectivity index (χ1) is 9.20. The maximum Gasteiger partial charge on any atom is 0.228 e. The van der Waals surface area contributed by atoms with Crippen LogP contribution in [0.25, 0.3) is 0 Å². The lowest BCUT2D eigenvalue weighted by Crippen LogP contribution is -2.38. The molecule has 1 aliphatic rings. The van der Waals surface area contributed by atoms with Gasteiger partial charge in [0.25, 0.3) is 0 Å². The third kappa shape index (κ3) is 3.70. The van der Waals surface area contributed by atoms with Crippen LogP contribution in [0.5, 0.6) is 5.75 Å². The molecule has 4 nitrogen and oxygen atoms in total. The fraction of sp³-hybridized carbons (Fsp3) is 0.533. The number of ether oxygens (including phenoxy) is 1. The number of nitrogens with one attached hydrogen (secondary N) is 1. The second-order valence-electron chi connectivity index (χ2n) is 5.02. The van der Waals surface area contributed by atoms with Crippen molar-refractivity contribution in [1.29, 1.82) is 0 Å². The van der Waals surface area contributed by atoms with E-state index >= 15 is 0 Å². The standard InChI is InChI=1S/C15H22N2O2/c1-3-19-14-9-5-4-8-13(14)16-15(18)12-7-6-10-17(2)11-12/h4-5,8-9,12H,3,6-7,10-11H2,1-2H3,(H,16,18). The lowest BCUT2D eigenvalue weighted by molar-refractivity contribution is -0.121. The zero-order valence-corrected chi connectivity index (χ0v) is 11.7. The summed E-state index contributed by atoms with van der Waals surface area (Å²) in [6.45, 7) is 4.45. The highest BCUT2D eigenvalue weighted by Crippen LogP contribution is 2.25. The Morgan fingerprint density at radius 2 is 2.26 bits per heavy atom. The molecule has 1 unspecified atom stereocenters. The van der Waals surface area contributed by atoms with Gasteiger partial charge in [-0.2, -0.15) is 0 Å². The van der Waals surface area contributed by atoms with Gasteiger partial charge in [0.1, 0.15) is 5.75 Å². The first-order valence-electron chi connectivity index (χ1n) is 6.92. The molecule has 0 saturated carbocycles. The monoisotopic (exact) mass is 262 g/mol. The van der Waals surface area contributed by atoms with E-state index in [0.29, 0.717) is 6.61 Å². The highest BCUT2D eigenvalue weighted by Gasteiger charge is 2.24. The van der Waals surface area contributed by atoms with Gasteiger partial charge in [-0.1, -0.05) is 12.1 Å². The number of para-hydroxylation sites is 2. The molecule has 1 N–H and O–H groups in total. The van der Waals surface area contributed by atoms with Gasteiger partial charge in [0.05, 0.1) is 18.2 Å². The first-order valence-corrected chi connectivity index (χ1v) is 6.92. The smallest absolute Gasteiger partial charge is 0.228 e. The quantitative estimate of drug-likeness (QED) is 0.905. The molecule has 1 aliphatic heterocycles. The van der Waals surface area contributed by atoms with Crippen molar-refractivity contribution in [3.8, 4) is 5.75 Å². The fourth-order valence-electron chi connectivity index (χ4n) is 2.47. The van der Waals surface area contributed by atoms with Crippen molar-refractivity contribution in [1.82, 2.24) is 4.90 Å². The van der Waals surface area contributed by atoms with Crippen molar-refractivity contribution in [2.45, 2.75) is 19.8 Å². The van der Waals surface area contributed by atoms with E-state index in [4.69, 9.17) is 4.74 Å². The zero-order chi connectivity index (χ0) is 13.7. The molecular formula is C15H22N2O2. The Labute approximate surface area is 114 Å². The summed E-state index contributed by atoms with van der Waals surface area (Å²) in [6, 6.07) is 7.59. The van der Waals surface area contributed by atoms with Gasteiger partial charge < -0.3 is 15.0 Å². The highest BCUT2D eigenvalue weighted by atomic mass is 16.5. The molecule has 1 aromatic carbocycles. The first kappa shape index (κ1) is 13.9. The Morgan fingerprint density at radius 1 is 1.47 bits per heavy atom. The van der Waals surface area contributed by atoms with E-state index in [0.717, 1.165) is 37.4 Å². The Balaban J connectivity index is 2.02. The Kier molecular flexibility index (Phi) is 4.80. The lowest BCUT2D eigenvalue weighted by atomic mass is 9.97. The predicted octanol–water partition coefficient (Wildman–Crippen LogP) is 2.37. The molecule has 2 rings (SSSR count). The van der Waals surface area contributed by atoms with Crippen molar-refractivity contribution in [2.24, 2.45) is 5.92 Å². The number of hydrogen-bond acceptors (Lipinski definition) is 3. The minimum atomic E-state index is 0.0773. The van der Waals surface area contributed by atoms with Gasteiger partial charge in [-0.25, -0.2) is 0 Å². The number of benzene rings is 1. The summed E-state index contributed by atoms with van der Waals surface area (Å²) in [5.74, 6) is 0.912. The Bertz CT molecular complexity index is 434. The molecule has 1 atom stereocenters. The van der Waals surface area contributed by atoms with Gasteiger partial charge in [0.15, 0.2) is 0 Å². The molecule has 0 spiro atoms. The van der Waals surface area contributed by atoms with Crippen LogP contribution in [0.2, 0.25) is 0 Å². The van der Waals surface area contributed by atoms with Gasteiger partial charge in [-0.15, -0.1) is 0 Å². The van der Waals surface area contributed by atoms with E-state index < -0.39 is 0 Å². The Hall–Kier alpha value is -1.55. The minimum absolute atomic E-state index is 0.0773. The number of piperidine rings is 1. The number of hydrogen-bond donors (Lipinski definition) is 1. The summed E-state index contributed by atoms with van der Waals surface area (Å²) in [6.07, 6.45) is 2.05. The topological polar surface area (TPSA) is 41.6 Å². The molecule has 104 valence electrons. The molecule has 1 amide bonds. The van der Waals surface area contributed by atoms with Crippen molar-refractivity contribution >= 4 is 11.6 Å². The van der Waals surface area contributed by atoms with Crippen LogP contribution in [-0.4, -0.2) is 37.6 Å². The number of nitrogens with zero attached hydrogens (tertiary/aromatic N) is 1. The maximum atomic E-state index is 12.3. The second kappa shape index (κ2) is 6.57. The van der Waals surface area contributed by atoms with E-state index in [1.165, 1.54) is 0 Å². The second-order valence-corrected chi connectivity index (χ2v) is 5.02. The van der Waals surface area contributed by atoms with Gasteiger partial charge in [-0.3, -0.25) is 4.79 Å². The summed E-state index contributed by atoms with van der Waals surface area (Å²) in [5, 5.41) is 3.00. The molecule has 1 aromatic rings. The van der Waals surface area contributed by atoms with Crippen molar-refractivity contribution in [3.63, 3.8) is 0 Å². The summed E-state index contributed by atoms with van der Waals surface area (Å²) >= 11 is 0. The van der Waals surface area contributed by atoms with Crippen LogP contribution in [0.1, 0.15) is 19.8 Å². The molecule has 19 heavy (non-hydrogen) atoms. The summed E-state index contributed by atoms with van der Waals surface area (Å²) in [7, 11) is 2.06. The van der Waals surface area contributed by atoms with Crippen LogP contribution in [0.3, 0.4) is 0 Å². The third-order valence-electron chi connectivity index (χ3n) is 3.44. The third-order valence-corrected chi connectivity index (χ3v) is 3.44. The molecule has 0 aliphatic carbocycles. The molecule has 1 saturated heterocycles. The number of carbonyl (C=O) groups is 1. The van der Waals surface area contributed by atoms with Crippen LogP contribution in [0, 0.1) is 5.92 Å². The average Bonchev–Trinajstić information content (AvgIpc) is 2.41. The van der Waals surface area contributed by atoms with Gasteiger partial charge in [0.2, 0.25) is 5.91 Å². The highest BCUT2D eigenvalue weighted by molar-refractivity contribution is 5.94. The maximum absolute atomic E-state index is 12.3. The zero-order valence-electron chi connectivity index (χ0n) is 11.7. The fourth-order valence-corrected chi connectivity index (χ4v) is 2.47. The average molecular weight is 262 g/mol. The Morgan fingerprint density at radius 3 is 3.00 bits per heavy atom. The molecule has 0 radical (unpaired) electrons. The van der Waals surface area contributed by atoms with Gasteiger partial charge >= 0.3 is 0 Å². The molecule has 4 heteroatoms. The molecular weight excluding hydrogens is 240 g/mol. The van der Waals surface area contributed by atoms with Crippen LogP contribution in [0.15, 0.2) is 24.3 Å². The number of likely N-dealkylation sites (tertiary alicyclic amines) is 1. The number of carbonyl (C=O) groups excluding carboxylic acids is 1. The number of rotatable bonds is 4. The number of anilines is 1. The van der Waals surface area contributed by atoms with Crippen molar-refractivity contribution in [2.75, 3.05) is 32.1 Å². The van der Waals surface area contributed by atoms with E-state index in [9.17, 15) is 4.79 Å². The SMILES string of the molecule is CCOc1ccccc1NC(=O)C1CCCN(C)C1. The summed E-state index contributed by atoms with van der Waals surface area (Å²) in [4.78, 5) is 14.5. The van der Waals surface area contributed by atoms with Crippen molar-refractivity contribution in [3.05, 3.63) is 24.3 Å². The van der Waals surface area contributed by atoms with Crippen molar-refractivity contribution < 1.29 is 9.53 Å².